The average Bonchev–Trinajstić information content (AvgIpc) is 2.96. The third-order valence-electron chi connectivity index (χ3n) is 7.01. The van der Waals surface area contributed by atoms with E-state index in [-0.39, 0.29) is 23.9 Å². The number of nitrogens with one attached hydrogen (secondary N) is 1. The van der Waals surface area contributed by atoms with Gasteiger partial charge in [0, 0.05) is 12.6 Å². The molecule has 3 aromatic carbocycles. The van der Waals surface area contributed by atoms with Gasteiger partial charge < -0.3 is 10.2 Å². The van der Waals surface area contributed by atoms with Crippen molar-refractivity contribution in [3.8, 4) is 0 Å². The molecule has 0 radical (unpaired) electrons. The lowest BCUT2D eigenvalue weighted by molar-refractivity contribution is -0.140. The third kappa shape index (κ3) is 8.51. The zero-order chi connectivity index (χ0) is 31.9. The minimum atomic E-state index is -4.88. The molecule has 7 nitrogen and oxygen atoms in total. The van der Waals surface area contributed by atoms with Crippen LogP contribution in [0.4, 0.5) is 18.9 Å². The Balaban J connectivity index is 2.13. The van der Waals surface area contributed by atoms with E-state index in [0.29, 0.717) is 22.4 Å². The average molecular weight is 638 g/mol. The highest BCUT2D eigenvalue weighted by molar-refractivity contribution is 7.92. The molecule has 0 saturated heterocycles. The summed E-state index contributed by atoms with van der Waals surface area (Å²) in [5.74, 6) is -1.18. The van der Waals surface area contributed by atoms with Crippen molar-refractivity contribution >= 4 is 39.1 Å². The van der Waals surface area contributed by atoms with Gasteiger partial charge in [0.15, 0.2) is 0 Å². The number of nitrogens with zero attached hydrogens (tertiary/aromatic N) is 2. The maximum atomic E-state index is 14.1. The lowest BCUT2D eigenvalue weighted by Gasteiger charge is -2.34. The molecule has 0 spiro atoms. The van der Waals surface area contributed by atoms with Gasteiger partial charge in [-0.3, -0.25) is 13.9 Å². The first kappa shape index (κ1) is 33.9. The summed E-state index contributed by atoms with van der Waals surface area (Å²) >= 11 is 5.82. The van der Waals surface area contributed by atoms with Crippen LogP contribution in [-0.2, 0) is 32.3 Å². The SMILES string of the molecule is CC[C@H](C)NC(=O)[C@H](CC)N(Cc1ccc(C)cc1)C(=O)CN(c1ccc(Cl)c(C(F)(F)F)c1)S(=O)(=O)c1ccccc1. The molecule has 0 heterocycles. The number of alkyl halides is 3. The lowest BCUT2D eigenvalue weighted by Crippen LogP contribution is -2.53. The molecule has 1 N–H and O–H groups in total. The summed E-state index contributed by atoms with van der Waals surface area (Å²) in [6.45, 7) is 6.45. The van der Waals surface area contributed by atoms with E-state index in [4.69, 9.17) is 11.6 Å². The van der Waals surface area contributed by atoms with Crippen LogP contribution in [0.3, 0.4) is 0 Å². The molecular weight excluding hydrogens is 603 g/mol. The van der Waals surface area contributed by atoms with Gasteiger partial charge in [0.05, 0.1) is 21.2 Å². The van der Waals surface area contributed by atoms with Crippen molar-refractivity contribution in [3.63, 3.8) is 0 Å². The van der Waals surface area contributed by atoms with Crippen LogP contribution in [0.15, 0.2) is 77.7 Å². The summed E-state index contributed by atoms with van der Waals surface area (Å²) in [6.07, 6.45) is -4.02. The van der Waals surface area contributed by atoms with Gasteiger partial charge in [-0.25, -0.2) is 8.42 Å². The second kappa shape index (κ2) is 14.3. The van der Waals surface area contributed by atoms with Crippen LogP contribution >= 0.6 is 11.6 Å². The van der Waals surface area contributed by atoms with Crippen molar-refractivity contribution in [1.82, 2.24) is 10.2 Å². The number of hydrogen-bond donors (Lipinski definition) is 1. The minimum absolute atomic E-state index is 0.0286. The maximum absolute atomic E-state index is 14.1. The molecule has 3 rings (SSSR count). The first-order valence-electron chi connectivity index (χ1n) is 13.8. The van der Waals surface area contributed by atoms with E-state index < -0.39 is 56.9 Å². The molecule has 0 unspecified atom stereocenters. The standard InChI is InChI=1S/C31H35ClF3N3O4S/c1-5-22(4)36-30(40)28(6-2)37(19-23-14-12-21(3)13-15-23)29(39)20-38(43(41,42)25-10-8-7-9-11-25)24-16-17-27(32)26(18-24)31(33,34)35/h7-18,22,28H,5-6,19-20H2,1-4H3,(H,36,40)/t22-,28-/m0/s1. The molecule has 0 aliphatic carbocycles. The normalized spacial score (nSPS) is 13.2. The number of amides is 2. The van der Waals surface area contributed by atoms with E-state index in [1.165, 1.54) is 29.2 Å². The Morgan fingerprint density at radius 3 is 2.14 bits per heavy atom. The van der Waals surface area contributed by atoms with Crippen molar-refractivity contribution in [2.24, 2.45) is 0 Å². The first-order chi connectivity index (χ1) is 20.2. The summed E-state index contributed by atoms with van der Waals surface area (Å²) in [4.78, 5) is 28.5. The molecule has 2 atom stereocenters. The molecule has 3 aromatic rings. The summed E-state index contributed by atoms with van der Waals surface area (Å²) in [6, 6.07) is 15.9. The predicted molar refractivity (Wildman–Crippen MR) is 161 cm³/mol. The summed E-state index contributed by atoms with van der Waals surface area (Å²) < 4.78 is 69.7. The number of rotatable bonds is 12. The minimum Gasteiger partial charge on any atom is -0.352 e. The van der Waals surface area contributed by atoms with Crippen LogP contribution in [0.25, 0.3) is 0 Å². The predicted octanol–water partition coefficient (Wildman–Crippen LogP) is 6.58. The van der Waals surface area contributed by atoms with Crippen molar-refractivity contribution in [3.05, 3.63) is 94.5 Å². The van der Waals surface area contributed by atoms with Crippen LogP contribution in [0.1, 0.15) is 50.3 Å². The van der Waals surface area contributed by atoms with Gasteiger partial charge in [-0.15, -0.1) is 0 Å². The van der Waals surface area contributed by atoms with E-state index in [1.54, 1.807) is 25.1 Å². The molecule has 0 aliphatic heterocycles. The van der Waals surface area contributed by atoms with Crippen molar-refractivity contribution < 1.29 is 31.2 Å². The fourth-order valence-electron chi connectivity index (χ4n) is 4.38. The lowest BCUT2D eigenvalue weighted by atomic mass is 10.1. The van der Waals surface area contributed by atoms with Crippen molar-refractivity contribution in [2.45, 2.75) is 70.2 Å². The quantitative estimate of drug-likeness (QED) is 0.243. The summed E-state index contributed by atoms with van der Waals surface area (Å²) in [7, 11) is -4.54. The van der Waals surface area contributed by atoms with Crippen molar-refractivity contribution in [2.75, 3.05) is 10.8 Å². The monoisotopic (exact) mass is 637 g/mol. The molecule has 0 aromatic heterocycles. The number of aryl methyl sites for hydroxylation is 1. The highest BCUT2D eigenvalue weighted by atomic mass is 35.5. The first-order valence-corrected chi connectivity index (χ1v) is 15.6. The zero-order valence-electron chi connectivity index (χ0n) is 24.4. The Labute approximate surface area is 255 Å². The molecule has 2 amide bonds. The number of benzene rings is 3. The molecule has 12 heteroatoms. The van der Waals surface area contributed by atoms with Crippen LogP contribution < -0.4 is 9.62 Å². The number of carbonyl (C=O) groups is 2. The van der Waals surface area contributed by atoms with Gasteiger partial charge in [-0.1, -0.05) is 73.5 Å². The summed E-state index contributed by atoms with van der Waals surface area (Å²) in [5, 5.41) is 2.26. The Hall–Kier alpha value is -3.57. The van der Waals surface area contributed by atoms with Gasteiger partial charge in [0.25, 0.3) is 10.0 Å². The molecule has 232 valence electrons. The van der Waals surface area contributed by atoms with E-state index in [0.717, 1.165) is 17.7 Å². The van der Waals surface area contributed by atoms with Crippen LogP contribution in [0.2, 0.25) is 5.02 Å². The smallest absolute Gasteiger partial charge is 0.352 e. The zero-order valence-corrected chi connectivity index (χ0v) is 25.9. The Morgan fingerprint density at radius 1 is 0.953 bits per heavy atom. The van der Waals surface area contributed by atoms with Gasteiger partial charge in [0.2, 0.25) is 11.8 Å². The Morgan fingerprint density at radius 2 is 1.58 bits per heavy atom. The van der Waals surface area contributed by atoms with Crippen LogP contribution in [-0.4, -0.2) is 43.8 Å². The second-order valence-corrected chi connectivity index (χ2v) is 12.5. The van der Waals surface area contributed by atoms with Gasteiger partial charge >= 0.3 is 6.18 Å². The number of sulfonamides is 1. The third-order valence-corrected chi connectivity index (χ3v) is 9.13. The highest BCUT2D eigenvalue weighted by Crippen LogP contribution is 2.38. The van der Waals surface area contributed by atoms with E-state index in [2.05, 4.69) is 5.32 Å². The number of carbonyl (C=O) groups excluding carboxylic acids is 2. The summed E-state index contributed by atoms with van der Waals surface area (Å²) in [5.41, 5.74) is 0.0214. The molecule has 0 saturated carbocycles. The maximum Gasteiger partial charge on any atom is 0.417 e. The molecule has 0 aliphatic rings. The van der Waals surface area contributed by atoms with Gasteiger partial charge in [-0.2, -0.15) is 13.2 Å². The number of halogens is 4. The molecular formula is C31H35ClF3N3O4S. The fraction of sp³-hybridized carbons (Fsp3) is 0.355. The second-order valence-electron chi connectivity index (χ2n) is 10.2. The van der Waals surface area contributed by atoms with Gasteiger partial charge in [0.1, 0.15) is 12.6 Å². The largest absolute Gasteiger partial charge is 0.417 e. The van der Waals surface area contributed by atoms with Gasteiger partial charge in [-0.05, 0) is 62.6 Å². The molecule has 43 heavy (non-hydrogen) atoms. The molecule has 0 fully saturated rings. The number of anilines is 1. The van der Waals surface area contributed by atoms with E-state index in [1.807, 2.05) is 32.9 Å². The fourth-order valence-corrected chi connectivity index (χ4v) is 6.04. The topological polar surface area (TPSA) is 86.8 Å². The number of hydrogen-bond acceptors (Lipinski definition) is 4. The highest BCUT2D eigenvalue weighted by Gasteiger charge is 2.37. The van der Waals surface area contributed by atoms with Crippen LogP contribution in [0.5, 0.6) is 0 Å². The Bertz CT molecular complexity index is 1520. The van der Waals surface area contributed by atoms with E-state index >= 15 is 0 Å². The van der Waals surface area contributed by atoms with Crippen LogP contribution in [0, 0.1) is 6.92 Å². The van der Waals surface area contributed by atoms with E-state index in [9.17, 15) is 31.2 Å². The van der Waals surface area contributed by atoms with Crippen molar-refractivity contribution in [1.29, 1.82) is 0 Å². The molecule has 0 bridgehead atoms. The Kier molecular flexibility index (Phi) is 11.3.